The van der Waals surface area contributed by atoms with Crippen molar-refractivity contribution in [1.82, 2.24) is 0 Å². The summed E-state index contributed by atoms with van der Waals surface area (Å²) >= 11 is 0. The molecule has 0 saturated heterocycles. The van der Waals surface area contributed by atoms with Gasteiger partial charge in [-0.25, -0.2) is 0 Å². The van der Waals surface area contributed by atoms with Gasteiger partial charge in [-0.05, 0) is 37.1 Å². The summed E-state index contributed by atoms with van der Waals surface area (Å²) < 4.78 is 21.3. The molecule has 30 heavy (non-hydrogen) atoms. The number of esters is 1. The molecular weight excluding hydrogens is 386 g/mol. The molecular formula is C23H25NO6. The van der Waals surface area contributed by atoms with Crippen LogP contribution in [-0.2, 0) is 27.2 Å². The molecule has 1 N–H and O–H groups in total. The summed E-state index contributed by atoms with van der Waals surface area (Å²) in [6, 6.07) is 10.9. The van der Waals surface area contributed by atoms with E-state index < -0.39 is 18.0 Å². The molecule has 1 aromatic heterocycles. The van der Waals surface area contributed by atoms with Gasteiger partial charge in [0.15, 0.2) is 17.6 Å². The number of fused-ring (bicyclic) bond motifs is 1. The second-order valence-corrected chi connectivity index (χ2v) is 6.81. The molecule has 0 fully saturated rings. The second-order valence-electron chi connectivity index (χ2n) is 6.81. The fourth-order valence-electron chi connectivity index (χ4n) is 3.09. The van der Waals surface area contributed by atoms with Gasteiger partial charge in [-0.3, -0.25) is 9.59 Å². The van der Waals surface area contributed by atoms with Gasteiger partial charge >= 0.3 is 5.97 Å². The first-order valence-electron chi connectivity index (χ1n) is 9.66. The number of carbonyl (C=O) groups is 2. The Labute approximate surface area is 174 Å². The molecule has 0 aliphatic rings. The van der Waals surface area contributed by atoms with Crippen LogP contribution in [0.25, 0.3) is 11.0 Å². The van der Waals surface area contributed by atoms with Gasteiger partial charge in [-0.2, -0.15) is 0 Å². The average Bonchev–Trinajstić information content (AvgIpc) is 3.15. The normalized spacial score (nSPS) is 11.7. The Balaban J connectivity index is 1.61. The maximum atomic E-state index is 12.4. The fourth-order valence-corrected chi connectivity index (χ4v) is 3.09. The van der Waals surface area contributed by atoms with Crippen molar-refractivity contribution in [1.29, 1.82) is 0 Å². The van der Waals surface area contributed by atoms with E-state index in [1.807, 2.05) is 18.2 Å². The number of hydrogen-bond donors (Lipinski definition) is 1. The number of methoxy groups -OCH3 is 2. The highest BCUT2D eigenvalue weighted by molar-refractivity contribution is 5.95. The maximum Gasteiger partial charge on any atom is 0.311 e. The van der Waals surface area contributed by atoms with Gasteiger partial charge in [-0.1, -0.05) is 19.1 Å². The average molecular weight is 411 g/mol. The smallest absolute Gasteiger partial charge is 0.311 e. The minimum absolute atomic E-state index is 0.0203. The predicted molar refractivity (Wildman–Crippen MR) is 113 cm³/mol. The third kappa shape index (κ3) is 4.74. The number of nitrogens with one attached hydrogen (secondary N) is 1. The molecule has 0 radical (unpaired) electrons. The molecule has 2 aromatic carbocycles. The van der Waals surface area contributed by atoms with Crippen molar-refractivity contribution in [2.75, 3.05) is 19.5 Å². The van der Waals surface area contributed by atoms with Crippen LogP contribution in [-0.4, -0.2) is 32.2 Å². The number of anilines is 1. The van der Waals surface area contributed by atoms with Crippen molar-refractivity contribution in [3.63, 3.8) is 0 Å². The number of rotatable bonds is 8. The number of carbonyl (C=O) groups excluding carboxylic acids is 2. The van der Waals surface area contributed by atoms with Crippen molar-refractivity contribution in [2.45, 2.75) is 32.8 Å². The van der Waals surface area contributed by atoms with Crippen LogP contribution < -0.4 is 14.8 Å². The minimum atomic E-state index is -0.963. The molecule has 0 unspecified atom stereocenters. The van der Waals surface area contributed by atoms with Crippen molar-refractivity contribution in [2.24, 2.45) is 0 Å². The molecule has 7 nitrogen and oxygen atoms in total. The Bertz CT molecular complexity index is 1060. The molecule has 0 spiro atoms. The van der Waals surface area contributed by atoms with Crippen LogP contribution >= 0.6 is 0 Å². The number of furan rings is 1. The van der Waals surface area contributed by atoms with Crippen molar-refractivity contribution in [3.8, 4) is 11.5 Å². The van der Waals surface area contributed by atoms with Gasteiger partial charge in [-0.15, -0.1) is 0 Å². The highest BCUT2D eigenvalue weighted by Gasteiger charge is 2.20. The molecule has 0 aliphatic carbocycles. The van der Waals surface area contributed by atoms with Gasteiger partial charge in [0.25, 0.3) is 5.91 Å². The van der Waals surface area contributed by atoms with Crippen LogP contribution in [0.15, 0.2) is 47.1 Å². The summed E-state index contributed by atoms with van der Waals surface area (Å²) in [7, 11) is 3.04. The van der Waals surface area contributed by atoms with Gasteiger partial charge in [0.05, 0.1) is 26.9 Å². The topological polar surface area (TPSA) is 87.0 Å². The van der Waals surface area contributed by atoms with Gasteiger partial charge in [0.2, 0.25) is 0 Å². The molecule has 1 amide bonds. The van der Waals surface area contributed by atoms with E-state index in [0.717, 1.165) is 28.5 Å². The van der Waals surface area contributed by atoms with Gasteiger partial charge in [0, 0.05) is 22.7 Å². The number of aryl methyl sites for hydroxylation is 1. The Kier molecular flexibility index (Phi) is 6.61. The van der Waals surface area contributed by atoms with Crippen LogP contribution in [0, 0.1) is 0 Å². The zero-order chi connectivity index (χ0) is 21.7. The molecule has 3 aromatic rings. The first-order valence-corrected chi connectivity index (χ1v) is 9.66. The lowest BCUT2D eigenvalue weighted by molar-refractivity contribution is -0.152. The van der Waals surface area contributed by atoms with E-state index in [-0.39, 0.29) is 6.42 Å². The van der Waals surface area contributed by atoms with Crippen LogP contribution in [0.5, 0.6) is 11.5 Å². The molecule has 7 heteroatoms. The zero-order valence-corrected chi connectivity index (χ0v) is 17.5. The summed E-state index contributed by atoms with van der Waals surface area (Å²) in [5, 5.41) is 3.57. The Morgan fingerprint density at radius 2 is 1.83 bits per heavy atom. The standard InChI is InChI=1S/C23H25NO6/c1-5-15-6-8-18-16(13-29-20(18)10-15)11-22(25)30-14(2)23(26)24-17-7-9-19(27-3)21(12-17)28-4/h6-10,12-14H,5,11H2,1-4H3,(H,24,26)/t14-/m0/s1. The summed E-state index contributed by atoms with van der Waals surface area (Å²) in [4.78, 5) is 24.8. The van der Waals surface area contributed by atoms with Crippen molar-refractivity contribution >= 4 is 28.5 Å². The Morgan fingerprint density at radius 3 is 2.53 bits per heavy atom. The van der Waals surface area contributed by atoms with E-state index in [9.17, 15) is 9.59 Å². The van der Waals surface area contributed by atoms with Crippen LogP contribution in [0.2, 0.25) is 0 Å². The van der Waals surface area contributed by atoms with E-state index >= 15 is 0 Å². The van der Waals surface area contributed by atoms with Gasteiger partial charge in [0.1, 0.15) is 5.58 Å². The number of benzene rings is 2. The van der Waals surface area contributed by atoms with E-state index in [1.165, 1.54) is 21.1 Å². The summed E-state index contributed by atoms with van der Waals surface area (Å²) in [6.07, 6.45) is 1.52. The van der Waals surface area contributed by atoms with Crippen LogP contribution in [0.3, 0.4) is 0 Å². The first-order chi connectivity index (χ1) is 14.4. The highest BCUT2D eigenvalue weighted by Crippen LogP contribution is 2.30. The second kappa shape index (κ2) is 9.35. The molecule has 0 saturated carbocycles. The SMILES string of the molecule is CCc1ccc2c(CC(=O)O[C@@H](C)C(=O)Nc3ccc(OC)c(OC)c3)coc2c1. The highest BCUT2D eigenvalue weighted by atomic mass is 16.5. The monoisotopic (exact) mass is 411 g/mol. The molecule has 3 rings (SSSR count). The molecule has 1 atom stereocenters. The quantitative estimate of drug-likeness (QED) is 0.561. The predicted octanol–water partition coefficient (Wildman–Crippen LogP) is 4.13. The van der Waals surface area contributed by atoms with Crippen LogP contribution in [0.4, 0.5) is 5.69 Å². The number of amides is 1. The maximum absolute atomic E-state index is 12.4. The van der Waals surface area contributed by atoms with E-state index in [2.05, 4.69) is 12.2 Å². The largest absolute Gasteiger partial charge is 0.493 e. The molecule has 158 valence electrons. The minimum Gasteiger partial charge on any atom is -0.493 e. The van der Waals surface area contributed by atoms with Crippen molar-refractivity contribution < 1.29 is 28.2 Å². The number of hydrogen-bond acceptors (Lipinski definition) is 6. The summed E-state index contributed by atoms with van der Waals surface area (Å²) in [6.45, 7) is 3.59. The van der Waals surface area contributed by atoms with E-state index in [4.69, 9.17) is 18.6 Å². The molecule has 0 bridgehead atoms. The molecule has 1 heterocycles. The fraction of sp³-hybridized carbons (Fsp3) is 0.304. The van der Waals surface area contributed by atoms with Gasteiger partial charge < -0.3 is 23.9 Å². The lowest BCUT2D eigenvalue weighted by atomic mass is 10.1. The summed E-state index contributed by atoms with van der Waals surface area (Å²) in [5.74, 6) is 0.0822. The van der Waals surface area contributed by atoms with Crippen LogP contribution in [0.1, 0.15) is 25.0 Å². The van der Waals surface area contributed by atoms with Crippen molar-refractivity contribution in [3.05, 3.63) is 53.8 Å². The lowest BCUT2D eigenvalue weighted by Gasteiger charge is -2.14. The third-order valence-corrected chi connectivity index (χ3v) is 4.79. The Hall–Kier alpha value is -3.48. The first kappa shape index (κ1) is 21.2. The lowest BCUT2D eigenvalue weighted by Crippen LogP contribution is -2.30. The zero-order valence-electron chi connectivity index (χ0n) is 17.5. The Morgan fingerprint density at radius 1 is 1.07 bits per heavy atom. The summed E-state index contributed by atoms with van der Waals surface area (Å²) in [5.41, 5.74) is 3.13. The van der Waals surface area contributed by atoms with E-state index in [1.54, 1.807) is 24.5 Å². The number of ether oxygens (including phenoxy) is 3. The third-order valence-electron chi connectivity index (χ3n) is 4.79. The molecule has 0 aliphatic heterocycles. The van der Waals surface area contributed by atoms with E-state index in [0.29, 0.717) is 17.2 Å².